The third-order valence-electron chi connectivity index (χ3n) is 2.63. The molecule has 0 saturated carbocycles. The number of carbonyl (C=O) groups is 2. The number of aromatic nitrogens is 4. The van der Waals surface area contributed by atoms with Crippen LogP contribution in [0.15, 0.2) is 12.3 Å². The Labute approximate surface area is 114 Å². The Morgan fingerprint density at radius 1 is 1.45 bits per heavy atom. The number of nitrogens with zero attached hydrogens (tertiary/aromatic N) is 4. The first-order valence-electron chi connectivity index (χ1n) is 5.75. The first-order chi connectivity index (χ1) is 9.38. The fourth-order valence-corrected chi connectivity index (χ4v) is 1.61. The van der Waals surface area contributed by atoms with Crippen LogP contribution in [0.5, 0.6) is 0 Å². The molecule has 0 radical (unpaired) electrons. The fourth-order valence-electron chi connectivity index (χ4n) is 1.61. The third-order valence-corrected chi connectivity index (χ3v) is 2.63. The number of aryl methyl sites for hydroxylation is 1. The van der Waals surface area contributed by atoms with Crippen LogP contribution in [0, 0.1) is 0 Å². The van der Waals surface area contributed by atoms with Crippen molar-refractivity contribution < 1.29 is 9.59 Å². The minimum absolute atomic E-state index is 0.223. The Hall–Kier alpha value is -2.84. The molecule has 2 amide bonds. The summed E-state index contributed by atoms with van der Waals surface area (Å²) in [6.45, 7) is 0. The van der Waals surface area contributed by atoms with Crippen LogP contribution in [0.2, 0.25) is 0 Å². The molecule has 0 fully saturated rings. The largest absolute Gasteiger partial charge is 0.366 e. The molecule has 0 unspecified atom stereocenters. The maximum atomic E-state index is 12.1. The van der Waals surface area contributed by atoms with E-state index in [0.717, 1.165) is 0 Å². The van der Waals surface area contributed by atoms with Crippen molar-refractivity contribution in [1.82, 2.24) is 19.7 Å². The maximum Gasteiger partial charge on any atom is 0.274 e. The van der Waals surface area contributed by atoms with Gasteiger partial charge in [-0.05, 0) is 6.07 Å². The standard InChI is InChI=1S/C11H15N7O2/c1-17(2)11-14-10(15-16-11)13-9(20)7-4-6(8(12)19)5-18(7)3/h4-5H,1-3H3,(H2,12,19)(H2,13,14,15,16,20). The molecule has 0 saturated heterocycles. The zero-order valence-electron chi connectivity index (χ0n) is 11.3. The summed E-state index contributed by atoms with van der Waals surface area (Å²) in [6, 6.07) is 1.42. The minimum atomic E-state index is -0.589. The summed E-state index contributed by atoms with van der Waals surface area (Å²) in [4.78, 5) is 28.9. The van der Waals surface area contributed by atoms with E-state index in [0.29, 0.717) is 11.6 Å². The molecule has 0 aromatic carbocycles. The van der Waals surface area contributed by atoms with Gasteiger partial charge < -0.3 is 15.2 Å². The summed E-state index contributed by atoms with van der Waals surface area (Å²) in [5.41, 5.74) is 5.73. The molecule has 20 heavy (non-hydrogen) atoms. The lowest BCUT2D eigenvalue weighted by Gasteiger charge is -2.04. The first-order valence-corrected chi connectivity index (χ1v) is 5.75. The minimum Gasteiger partial charge on any atom is -0.366 e. The van der Waals surface area contributed by atoms with Crippen LogP contribution >= 0.6 is 0 Å². The van der Waals surface area contributed by atoms with E-state index in [-0.39, 0.29) is 11.5 Å². The number of carbonyl (C=O) groups excluding carboxylic acids is 2. The van der Waals surface area contributed by atoms with E-state index in [9.17, 15) is 9.59 Å². The van der Waals surface area contributed by atoms with Crippen LogP contribution in [0.4, 0.5) is 11.9 Å². The van der Waals surface area contributed by atoms with E-state index in [4.69, 9.17) is 5.73 Å². The second-order valence-electron chi connectivity index (χ2n) is 4.42. The molecule has 9 nitrogen and oxygen atoms in total. The van der Waals surface area contributed by atoms with Crippen molar-refractivity contribution in [3.63, 3.8) is 0 Å². The van der Waals surface area contributed by atoms with E-state index in [1.165, 1.54) is 16.8 Å². The monoisotopic (exact) mass is 277 g/mol. The highest BCUT2D eigenvalue weighted by Crippen LogP contribution is 2.10. The van der Waals surface area contributed by atoms with Gasteiger partial charge in [0.2, 0.25) is 17.8 Å². The Morgan fingerprint density at radius 2 is 2.15 bits per heavy atom. The zero-order valence-corrected chi connectivity index (χ0v) is 11.3. The van der Waals surface area contributed by atoms with Crippen molar-refractivity contribution in [3.05, 3.63) is 23.5 Å². The molecule has 0 aliphatic heterocycles. The zero-order chi connectivity index (χ0) is 14.9. The number of anilines is 2. The van der Waals surface area contributed by atoms with E-state index in [1.54, 1.807) is 26.0 Å². The molecule has 4 N–H and O–H groups in total. The fraction of sp³-hybridized carbons (Fsp3) is 0.273. The predicted octanol–water partition coefficient (Wildman–Crippen LogP) is -0.440. The average Bonchev–Trinajstić information content (AvgIpc) is 2.95. The average molecular weight is 277 g/mol. The third kappa shape index (κ3) is 2.60. The van der Waals surface area contributed by atoms with Crippen LogP contribution in [0.1, 0.15) is 20.8 Å². The number of primary amides is 1. The molecule has 0 aliphatic carbocycles. The number of nitrogens with two attached hydrogens (primary N) is 1. The number of hydrogen-bond donors (Lipinski definition) is 3. The van der Waals surface area contributed by atoms with Crippen molar-refractivity contribution >= 4 is 23.7 Å². The smallest absolute Gasteiger partial charge is 0.274 e. The highest BCUT2D eigenvalue weighted by molar-refractivity contribution is 6.04. The van der Waals surface area contributed by atoms with Crippen molar-refractivity contribution in [2.75, 3.05) is 24.3 Å². The number of hydrogen-bond acceptors (Lipinski definition) is 5. The molecule has 2 aromatic rings. The second-order valence-corrected chi connectivity index (χ2v) is 4.42. The predicted molar refractivity (Wildman–Crippen MR) is 72.6 cm³/mol. The van der Waals surface area contributed by atoms with Crippen molar-refractivity contribution in [2.24, 2.45) is 12.8 Å². The van der Waals surface area contributed by atoms with E-state index >= 15 is 0 Å². The molecule has 2 rings (SSSR count). The van der Waals surface area contributed by atoms with Gasteiger partial charge in [-0.1, -0.05) is 0 Å². The molecule has 2 aromatic heterocycles. The van der Waals surface area contributed by atoms with Gasteiger partial charge >= 0.3 is 0 Å². The van der Waals surface area contributed by atoms with Gasteiger partial charge in [0.15, 0.2) is 0 Å². The maximum absolute atomic E-state index is 12.1. The molecular weight excluding hydrogens is 262 g/mol. The quantitative estimate of drug-likeness (QED) is 0.699. The molecule has 2 heterocycles. The van der Waals surface area contributed by atoms with Crippen LogP contribution in [0.3, 0.4) is 0 Å². The van der Waals surface area contributed by atoms with Gasteiger partial charge in [-0.2, -0.15) is 4.98 Å². The summed E-state index contributed by atoms with van der Waals surface area (Å²) < 4.78 is 1.51. The Bertz CT molecular complexity index is 656. The summed E-state index contributed by atoms with van der Waals surface area (Å²) in [7, 11) is 5.21. The molecule has 9 heteroatoms. The molecular formula is C11H15N7O2. The lowest BCUT2D eigenvalue weighted by Crippen LogP contribution is -2.16. The van der Waals surface area contributed by atoms with Crippen LogP contribution < -0.4 is 16.0 Å². The summed E-state index contributed by atoms with van der Waals surface area (Å²) >= 11 is 0. The van der Waals surface area contributed by atoms with Gasteiger partial charge in [-0.15, -0.1) is 5.10 Å². The van der Waals surface area contributed by atoms with E-state index < -0.39 is 11.8 Å². The molecule has 106 valence electrons. The summed E-state index contributed by atoms with van der Waals surface area (Å²) in [5.74, 6) is -0.332. The molecule has 0 atom stereocenters. The van der Waals surface area contributed by atoms with Crippen LogP contribution in [-0.2, 0) is 7.05 Å². The van der Waals surface area contributed by atoms with Gasteiger partial charge in [-0.25, -0.2) is 5.10 Å². The second kappa shape index (κ2) is 5.03. The molecule has 0 spiro atoms. The van der Waals surface area contributed by atoms with Crippen LogP contribution in [0.25, 0.3) is 0 Å². The van der Waals surface area contributed by atoms with Gasteiger partial charge in [0.1, 0.15) is 5.69 Å². The molecule has 0 aliphatic rings. The summed E-state index contributed by atoms with van der Waals surface area (Å²) in [5, 5.41) is 9.07. The van der Waals surface area contributed by atoms with Crippen molar-refractivity contribution in [2.45, 2.75) is 0 Å². The van der Waals surface area contributed by atoms with Gasteiger partial charge in [0, 0.05) is 27.3 Å². The Kier molecular flexibility index (Phi) is 3.42. The van der Waals surface area contributed by atoms with Crippen LogP contribution in [-0.4, -0.2) is 45.7 Å². The van der Waals surface area contributed by atoms with E-state index in [1.807, 2.05) is 0 Å². The highest BCUT2D eigenvalue weighted by atomic mass is 16.2. The number of rotatable bonds is 4. The summed E-state index contributed by atoms with van der Waals surface area (Å²) in [6.07, 6.45) is 1.49. The number of aromatic amines is 1. The van der Waals surface area contributed by atoms with E-state index in [2.05, 4.69) is 20.5 Å². The lowest BCUT2D eigenvalue weighted by molar-refractivity contribution is 0.0998. The molecule has 0 bridgehead atoms. The van der Waals surface area contributed by atoms with Gasteiger partial charge in [-0.3, -0.25) is 14.9 Å². The van der Waals surface area contributed by atoms with Gasteiger partial charge in [0.05, 0.1) is 5.56 Å². The van der Waals surface area contributed by atoms with Gasteiger partial charge in [0.25, 0.3) is 5.91 Å². The van der Waals surface area contributed by atoms with Crippen molar-refractivity contribution in [3.8, 4) is 0 Å². The lowest BCUT2D eigenvalue weighted by atomic mass is 10.3. The number of nitrogens with one attached hydrogen (secondary N) is 2. The highest BCUT2D eigenvalue weighted by Gasteiger charge is 2.16. The first kappa shape index (κ1) is 13.6. The SMILES string of the molecule is CN(C)c1n[nH]c(NC(=O)c2cc(C(N)=O)cn2C)n1. The van der Waals surface area contributed by atoms with Crippen molar-refractivity contribution in [1.29, 1.82) is 0 Å². The number of amides is 2. The Morgan fingerprint density at radius 3 is 2.65 bits per heavy atom. The topological polar surface area (TPSA) is 122 Å². The number of H-pyrrole nitrogens is 1. The Balaban J connectivity index is 2.17. The normalized spacial score (nSPS) is 10.3.